The fraction of sp³-hybridized carbons (Fsp3) is 0.357. The summed E-state index contributed by atoms with van der Waals surface area (Å²) in [5.74, 6) is 1.20. The Bertz CT molecular complexity index is 664. The highest BCUT2D eigenvalue weighted by molar-refractivity contribution is 8.26. The van der Waals surface area contributed by atoms with Gasteiger partial charge in [-0.3, -0.25) is 14.5 Å². The first kappa shape index (κ1) is 14.3. The molecule has 1 saturated carbocycles. The molecular formula is C14H13NO4S2. The van der Waals surface area contributed by atoms with Crippen LogP contribution in [0, 0.1) is 5.92 Å². The van der Waals surface area contributed by atoms with E-state index in [0.717, 1.165) is 28.8 Å². The quantitative estimate of drug-likeness (QED) is 0.678. The summed E-state index contributed by atoms with van der Waals surface area (Å²) in [6.07, 6.45) is 2.76. The fourth-order valence-electron chi connectivity index (χ4n) is 2.26. The van der Waals surface area contributed by atoms with Gasteiger partial charge in [-0.15, -0.1) is 0 Å². The molecule has 5 nitrogen and oxygen atoms in total. The monoisotopic (exact) mass is 323 g/mol. The smallest absolute Gasteiger partial charge is 0.323 e. The highest BCUT2D eigenvalue weighted by atomic mass is 32.2. The Labute approximate surface area is 131 Å². The van der Waals surface area contributed by atoms with Gasteiger partial charge in [0, 0.05) is 12.0 Å². The molecule has 0 spiro atoms. The summed E-state index contributed by atoms with van der Waals surface area (Å²) in [7, 11) is 0. The van der Waals surface area contributed by atoms with Crippen LogP contribution >= 0.6 is 24.0 Å². The highest BCUT2D eigenvalue weighted by Gasteiger charge is 2.37. The molecule has 2 atom stereocenters. The van der Waals surface area contributed by atoms with Gasteiger partial charge < -0.3 is 9.52 Å². The maximum atomic E-state index is 12.1. The molecule has 110 valence electrons. The van der Waals surface area contributed by atoms with Crippen LogP contribution in [0.5, 0.6) is 0 Å². The second kappa shape index (κ2) is 5.31. The number of rotatable bonds is 4. The van der Waals surface area contributed by atoms with Crippen molar-refractivity contribution in [3.05, 3.63) is 28.6 Å². The number of amides is 1. The molecule has 1 aromatic rings. The molecule has 21 heavy (non-hydrogen) atoms. The van der Waals surface area contributed by atoms with Crippen molar-refractivity contribution < 1.29 is 19.1 Å². The molecule has 1 aliphatic carbocycles. The third kappa shape index (κ3) is 2.89. The van der Waals surface area contributed by atoms with Gasteiger partial charge in [0.25, 0.3) is 5.91 Å². The maximum absolute atomic E-state index is 12.1. The zero-order valence-electron chi connectivity index (χ0n) is 11.2. The normalized spacial score (nSPS) is 26.7. The molecule has 7 heteroatoms. The first-order valence-corrected chi connectivity index (χ1v) is 7.75. The molecule has 2 aliphatic rings. The number of carbonyl (C=O) groups excluding carboxylic acids is 1. The lowest BCUT2D eigenvalue weighted by atomic mass is 10.3. The number of carboxylic acid groups (broad SMARTS) is 1. The van der Waals surface area contributed by atoms with Crippen molar-refractivity contribution in [3.63, 3.8) is 0 Å². The number of thioether (sulfide) groups is 1. The van der Waals surface area contributed by atoms with Gasteiger partial charge in [-0.1, -0.05) is 30.9 Å². The van der Waals surface area contributed by atoms with E-state index >= 15 is 0 Å². The van der Waals surface area contributed by atoms with Crippen molar-refractivity contribution in [2.45, 2.75) is 19.3 Å². The van der Waals surface area contributed by atoms with Crippen molar-refractivity contribution in [3.8, 4) is 0 Å². The van der Waals surface area contributed by atoms with E-state index in [9.17, 15) is 9.59 Å². The number of aliphatic carboxylic acids is 1. The van der Waals surface area contributed by atoms with Crippen LogP contribution in [-0.4, -0.2) is 32.7 Å². The van der Waals surface area contributed by atoms with Crippen molar-refractivity contribution in [2.75, 3.05) is 6.54 Å². The van der Waals surface area contributed by atoms with Crippen molar-refractivity contribution in [2.24, 2.45) is 5.92 Å². The van der Waals surface area contributed by atoms with Gasteiger partial charge in [0.1, 0.15) is 22.4 Å². The molecule has 1 saturated heterocycles. The van der Waals surface area contributed by atoms with Crippen molar-refractivity contribution in [1.82, 2.24) is 4.90 Å². The average Bonchev–Trinajstić information content (AvgIpc) is 2.87. The number of thiocarbonyl (C=S) groups is 1. The fourth-order valence-corrected chi connectivity index (χ4v) is 3.50. The highest BCUT2D eigenvalue weighted by Crippen LogP contribution is 2.47. The first-order chi connectivity index (χ1) is 9.95. The summed E-state index contributed by atoms with van der Waals surface area (Å²) in [6, 6.07) is 3.75. The van der Waals surface area contributed by atoms with E-state index in [1.807, 2.05) is 12.1 Å². The van der Waals surface area contributed by atoms with E-state index in [1.54, 1.807) is 6.08 Å². The zero-order chi connectivity index (χ0) is 15.1. The van der Waals surface area contributed by atoms with Crippen LogP contribution in [0.4, 0.5) is 0 Å². The van der Waals surface area contributed by atoms with Gasteiger partial charge >= 0.3 is 5.97 Å². The second-order valence-corrected chi connectivity index (χ2v) is 6.90. The number of carbonyl (C=O) groups is 2. The largest absolute Gasteiger partial charge is 0.480 e. The standard InChI is InChI=1S/C14H13NO4S2/c1-7-4-9(7)10-3-2-8(19-10)5-11-13(18)15(6-12(16)17)14(20)21-11/h2-3,5,7,9H,4,6H2,1H3,(H,16,17)/b11-5-/t7-,9-/m1/s1. The predicted octanol–water partition coefficient (Wildman–Crippen LogP) is 2.69. The number of hydrogen-bond acceptors (Lipinski definition) is 5. The summed E-state index contributed by atoms with van der Waals surface area (Å²) in [4.78, 5) is 24.3. The number of carboxylic acids is 1. The van der Waals surface area contributed by atoms with Gasteiger partial charge in [0.15, 0.2) is 0 Å². The molecular weight excluding hydrogens is 310 g/mol. The molecule has 0 radical (unpaired) electrons. The van der Waals surface area contributed by atoms with E-state index in [2.05, 4.69) is 6.92 Å². The van der Waals surface area contributed by atoms with E-state index < -0.39 is 12.5 Å². The third-order valence-corrected chi connectivity index (χ3v) is 4.94. The third-order valence-electron chi connectivity index (χ3n) is 3.56. The minimum Gasteiger partial charge on any atom is -0.480 e. The Morgan fingerprint density at radius 2 is 2.33 bits per heavy atom. The molecule has 3 rings (SSSR count). The van der Waals surface area contributed by atoms with Gasteiger partial charge in [-0.05, 0) is 24.5 Å². The SMILES string of the molecule is C[C@@H]1C[C@H]1c1ccc(/C=C2\SC(=S)N(CC(=O)O)C2=O)o1. The Kier molecular flexibility index (Phi) is 3.62. The van der Waals surface area contributed by atoms with Gasteiger partial charge in [-0.25, -0.2) is 0 Å². The lowest BCUT2D eigenvalue weighted by molar-refractivity contribution is -0.140. The van der Waals surface area contributed by atoms with E-state index in [-0.39, 0.29) is 10.2 Å². The summed E-state index contributed by atoms with van der Waals surface area (Å²) >= 11 is 6.13. The Morgan fingerprint density at radius 1 is 1.62 bits per heavy atom. The van der Waals surface area contributed by atoms with E-state index in [1.165, 1.54) is 0 Å². The van der Waals surface area contributed by atoms with Crippen LogP contribution in [0.25, 0.3) is 6.08 Å². The minimum atomic E-state index is -1.09. The molecule has 0 unspecified atom stereocenters. The summed E-state index contributed by atoms with van der Waals surface area (Å²) in [6.45, 7) is 1.76. The van der Waals surface area contributed by atoms with Crippen LogP contribution in [0.3, 0.4) is 0 Å². The predicted molar refractivity (Wildman–Crippen MR) is 82.7 cm³/mol. The van der Waals surface area contributed by atoms with Crippen LogP contribution in [0.1, 0.15) is 30.8 Å². The van der Waals surface area contributed by atoms with Crippen LogP contribution in [0.2, 0.25) is 0 Å². The molecule has 1 aliphatic heterocycles. The van der Waals surface area contributed by atoms with Crippen LogP contribution in [-0.2, 0) is 9.59 Å². The second-order valence-electron chi connectivity index (χ2n) is 5.22. The molecule has 2 fully saturated rings. The summed E-state index contributed by atoms with van der Waals surface area (Å²) < 4.78 is 5.98. The summed E-state index contributed by atoms with van der Waals surface area (Å²) in [5.41, 5.74) is 0. The molecule has 0 aromatic carbocycles. The minimum absolute atomic E-state index is 0.260. The molecule has 1 amide bonds. The Hall–Kier alpha value is -1.60. The van der Waals surface area contributed by atoms with E-state index in [0.29, 0.717) is 22.5 Å². The van der Waals surface area contributed by atoms with Gasteiger partial charge in [0.2, 0.25) is 0 Å². The van der Waals surface area contributed by atoms with Crippen LogP contribution in [0.15, 0.2) is 21.5 Å². The summed E-state index contributed by atoms with van der Waals surface area (Å²) in [5, 5.41) is 8.78. The van der Waals surface area contributed by atoms with Gasteiger partial charge in [0.05, 0.1) is 4.91 Å². The van der Waals surface area contributed by atoms with E-state index in [4.69, 9.17) is 21.7 Å². The number of furan rings is 1. The molecule has 1 aromatic heterocycles. The number of hydrogen-bond donors (Lipinski definition) is 1. The van der Waals surface area contributed by atoms with Crippen molar-refractivity contribution in [1.29, 1.82) is 0 Å². The maximum Gasteiger partial charge on any atom is 0.323 e. The zero-order valence-corrected chi connectivity index (χ0v) is 12.9. The molecule has 2 heterocycles. The lowest BCUT2D eigenvalue weighted by Crippen LogP contribution is -2.33. The number of nitrogens with zero attached hydrogens (tertiary/aromatic N) is 1. The topological polar surface area (TPSA) is 70.8 Å². The average molecular weight is 323 g/mol. The molecule has 1 N–H and O–H groups in total. The molecule has 0 bridgehead atoms. The van der Waals surface area contributed by atoms with Crippen LogP contribution < -0.4 is 0 Å². The van der Waals surface area contributed by atoms with Gasteiger partial charge in [-0.2, -0.15) is 0 Å². The first-order valence-electron chi connectivity index (χ1n) is 6.52. The lowest BCUT2D eigenvalue weighted by Gasteiger charge is -2.09. The Morgan fingerprint density at radius 3 is 2.95 bits per heavy atom. The van der Waals surface area contributed by atoms with Crippen molar-refractivity contribution >= 4 is 46.3 Å². The Balaban J connectivity index is 1.77.